The molecule has 1 saturated heterocycles. The Kier molecular flexibility index (Phi) is 11.5. The van der Waals surface area contributed by atoms with Gasteiger partial charge in [-0.2, -0.15) is 0 Å². The summed E-state index contributed by atoms with van der Waals surface area (Å²) in [5, 5.41) is 21.4. The minimum absolute atomic E-state index is 0.0551. The fourth-order valence-corrected chi connectivity index (χ4v) is 6.31. The van der Waals surface area contributed by atoms with Crippen LogP contribution < -0.4 is 16.0 Å². The predicted octanol–water partition coefficient (Wildman–Crippen LogP) is 4.56. The van der Waals surface area contributed by atoms with Crippen molar-refractivity contribution in [2.75, 3.05) is 33.2 Å². The van der Waals surface area contributed by atoms with Gasteiger partial charge in [-0.05, 0) is 68.8 Å². The third-order valence-electron chi connectivity index (χ3n) is 7.98. The maximum absolute atomic E-state index is 14.3. The summed E-state index contributed by atoms with van der Waals surface area (Å²) in [6.45, 7) is 3.56. The van der Waals surface area contributed by atoms with E-state index >= 15 is 0 Å². The number of likely N-dealkylation sites (N-methyl/N-ethyl adjacent to an activating group) is 1. The van der Waals surface area contributed by atoms with Crippen molar-refractivity contribution >= 4 is 23.5 Å². The number of nitrogens with one attached hydrogen (secondary N) is 3. The van der Waals surface area contributed by atoms with E-state index in [0.29, 0.717) is 56.9 Å². The summed E-state index contributed by atoms with van der Waals surface area (Å²) in [5.74, 6) is -0.288. The molecule has 0 bridgehead atoms. The number of piperidine rings is 1. The van der Waals surface area contributed by atoms with E-state index in [4.69, 9.17) is 11.6 Å². The number of likely N-dealkylation sites (tertiary alicyclic amines) is 1. The van der Waals surface area contributed by atoms with Gasteiger partial charge in [-0.3, -0.25) is 4.79 Å². The first-order chi connectivity index (χ1) is 17.7. The summed E-state index contributed by atoms with van der Waals surface area (Å²) in [6, 6.07) is 4.10. The molecule has 4 N–H and O–H groups in total. The van der Waals surface area contributed by atoms with E-state index in [0.717, 1.165) is 12.8 Å². The van der Waals surface area contributed by atoms with Crippen molar-refractivity contribution in [3.8, 4) is 0 Å². The van der Waals surface area contributed by atoms with E-state index < -0.39 is 11.4 Å². The topological polar surface area (TPSA) is 93.7 Å². The second-order valence-corrected chi connectivity index (χ2v) is 11.3. The molecule has 3 amide bonds. The summed E-state index contributed by atoms with van der Waals surface area (Å²) in [6.07, 6.45) is 9.54. The standard InChI is InChI=1S/C28H44ClFN4O3/c1-20(35)32-12-7-11-28(37,23-15-24(29)17-25(30)16-23)22-10-6-13-34(19-22)27(36)33-26(18-31-2)14-21-8-4-3-5-9-21/h15-17,21-22,26,31,37H,3-14,18-19H2,1-2H3,(H,32,35)(H,33,36)/t22?,26?,28-/m0/s1. The maximum Gasteiger partial charge on any atom is 0.317 e. The first-order valence-corrected chi connectivity index (χ1v) is 14.2. The lowest BCUT2D eigenvalue weighted by Crippen LogP contribution is -2.54. The molecule has 1 aliphatic heterocycles. The van der Waals surface area contributed by atoms with Crippen molar-refractivity contribution in [3.63, 3.8) is 0 Å². The van der Waals surface area contributed by atoms with E-state index in [9.17, 15) is 19.1 Å². The molecule has 9 heteroatoms. The van der Waals surface area contributed by atoms with Crippen LogP contribution in [0.1, 0.15) is 76.7 Å². The average Bonchev–Trinajstić information content (AvgIpc) is 2.86. The van der Waals surface area contributed by atoms with Crippen molar-refractivity contribution in [2.24, 2.45) is 11.8 Å². The van der Waals surface area contributed by atoms with Crippen LogP contribution >= 0.6 is 11.6 Å². The molecule has 0 aromatic heterocycles. The largest absolute Gasteiger partial charge is 0.385 e. The van der Waals surface area contributed by atoms with Crippen LogP contribution in [0.2, 0.25) is 5.02 Å². The normalized spacial score (nSPS) is 21.2. The molecule has 3 atom stereocenters. The lowest BCUT2D eigenvalue weighted by atomic mass is 9.74. The number of rotatable bonds is 11. The summed E-state index contributed by atoms with van der Waals surface area (Å²) in [4.78, 5) is 26.5. The Labute approximate surface area is 225 Å². The van der Waals surface area contributed by atoms with Gasteiger partial charge in [-0.1, -0.05) is 43.7 Å². The van der Waals surface area contributed by atoms with Crippen LogP contribution in [-0.2, 0) is 10.4 Å². The highest BCUT2D eigenvalue weighted by Crippen LogP contribution is 2.40. The van der Waals surface area contributed by atoms with Gasteiger partial charge in [0.1, 0.15) is 5.82 Å². The maximum atomic E-state index is 14.3. The SMILES string of the molecule is CNCC(CC1CCCCC1)NC(=O)N1CCCC([C@@](O)(CCCNC(C)=O)c2cc(F)cc(Cl)c2)C1. The quantitative estimate of drug-likeness (QED) is 0.311. The number of hydrogen-bond donors (Lipinski definition) is 4. The van der Waals surface area contributed by atoms with Crippen molar-refractivity contribution in [2.45, 2.75) is 82.8 Å². The van der Waals surface area contributed by atoms with Crippen LogP contribution in [0.4, 0.5) is 9.18 Å². The summed E-state index contributed by atoms with van der Waals surface area (Å²) < 4.78 is 14.3. The van der Waals surface area contributed by atoms with Gasteiger partial charge in [0.15, 0.2) is 0 Å². The number of aliphatic hydroxyl groups is 1. The summed E-state index contributed by atoms with van der Waals surface area (Å²) >= 11 is 6.16. The predicted molar refractivity (Wildman–Crippen MR) is 145 cm³/mol. The molecule has 0 radical (unpaired) electrons. The Morgan fingerprint density at radius 2 is 1.95 bits per heavy atom. The number of nitrogens with zero attached hydrogens (tertiary/aromatic N) is 1. The third kappa shape index (κ3) is 8.82. The highest BCUT2D eigenvalue weighted by Gasteiger charge is 2.41. The van der Waals surface area contributed by atoms with Crippen molar-refractivity contribution in [1.82, 2.24) is 20.9 Å². The average molecular weight is 539 g/mol. The van der Waals surface area contributed by atoms with E-state index in [1.165, 1.54) is 51.2 Å². The Hall–Kier alpha value is -1.90. The van der Waals surface area contributed by atoms with E-state index in [2.05, 4.69) is 16.0 Å². The molecule has 2 fully saturated rings. The zero-order valence-corrected chi connectivity index (χ0v) is 23.1. The van der Waals surface area contributed by atoms with Gasteiger partial charge in [0.2, 0.25) is 5.91 Å². The van der Waals surface area contributed by atoms with Gasteiger partial charge < -0.3 is 26.0 Å². The first kappa shape index (κ1) is 29.7. The second-order valence-electron chi connectivity index (χ2n) is 10.9. The number of carbonyl (C=O) groups excluding carboxylic acids is 2. The van der Waals surface area contributed by atoms with E-state index in [1.807, 2.05) is 7.05 Å². The highest BCUT2D eigenvalue weighted by molar-refractivity contribution is 6.30. The van der Waals surface area contributed by atoms with Crippen molar-refractivity contribution < 1.29 is 19.1 Å². The Balaban J connectivity index is 1.71. The van der Waals surface area contributed by atoms with Crippen molar-refractivity contribution in [3.05, 3.63) is 34.6 Å². The summed E-state index contributed by atoms with van der Waals surface area (Å²) in [5.41, 5.74) is -0.965. The molecule has 7 nitrogen and oxygen atoms in total. The Morgan fingerprint density at radius 1 is 1.19 bits per heavy atom. The molecular weight excluding hydrogens is 495 g/mol. The van der Waals surface area contributed by atoms with Crippen molar-refractivity contribution in [1.29, 1.82) is 0 Å². The van der Waals surface area contributed by atoms with Crippen LogP contribution in [0.3, 0.4) is 0 Å². The minimum atomic E-state index is -1.38. The molecule has 2 aliphatic rings. The molecule has 1 aromatic carbocycles. The van der Waals surface area contributed by atoms with Gasteiger partial charge in [0, 0.05) is 50.1 Å². The second kappa shape index (κ2) is 14.3. The molecule has 208 valence electrons. The molecular formula is C28H44ClFN4O3. The number of benzene rings is 1. The van der Waals surface area contributed by atoms with Gasteiger partial charge in [0.05, 0.1) is 5.60 Å². The fraction of sp³-hybridized carbons (Fsp3) is 0.714. The Bertz CT molecular complexity index is 878. The Morgan fingerprint density at radius 3 is 2.62 bits per heavy atom. The van der Waals surface area contributed by atoms with E-state index in [-0.39, 0.29) is 28.9 Å². The van der Waals surface area contributed by atoms with Gasteiger partial charge in [-0.15, -0.1) is 0 Å². The monoisotopic (exact) mass is 538 g/mol. The number of hydrogen-bond acceptors (Lipinski definition) is 4. The molecule has 37 heavy (non-hydrogen) atoms. The zero-order valence-electron chi connectivity index (χ0n) is 22.3. The number of carbonyl (C=O) groups is 2. The number of halogens is 2. The van der Waals surface area contributed by atoms with Gasteiger partial charge in [0.25, 0.3) is 0 Å². The third-order valence-corrected chi connectivity index (χ3v) is 8.19. The molecule has 1 aromatic rings. The molecule has 1 saturated carbocycles. The summed E-state index contributed by atoms with van der Waals surface area (Å²) in [7, 11) is 1.90. The van der Waals surface area contributed by atoms with Crippen LogP contribution in [0.15, 0.2) is 18.2 Å². The molecule has 3 rings (SSSR count). The zero-order chi connectivity index (χ0) is 26.8. The number of amides is 3. The molecule has 1 heterocycles. The number of urea groups is 1. The lowest BCUT2D eigenvalue weighted by Gasteiger charge is -2.43. The van der Waals surface area contributed by atoms with Crippen LogP contribution in [0.5, 0.6) is 0 Å². The molecule has 1 aliphatic carbocycles. The highest BCUT2D eigenvalue weighted by atomic mass is 35.5. The molecule has 0 spiro atoms. The lowest BCUT2D eigenvalue weighted by molar-refractivity contribution is -0.119. The van der Waals surface area contributed by atoms with Crippen LogP contribution in [0, 0.1) is 17.7 Å². The van der Waals surface area contributed by atoms with Gasteiger partial charge >= 0.3 is 6.03 Å². The smallest absolute Gasteiger partial charge is 0.317 e. The minimum Gasteiger partial charge on any atom is -0.385 e. The first-order valence-electron chi connectivity index (χ1n) is 13.8. The van der Waals surface area contributed by atoms with Gasteiger partial charge in [-0.25, -0.2) is 9.18 Å². The van der Waals surface area contributed by atoms with E-state index in [1.54, 1.807) is 11.0 Å². The fourth-order valence-electron chi connectivity index (χ4n) is 6.09. The molecule has 2 unspecified atom stereocenters. The van der Waals surface area contributed by atoms with Crippen LogP contribution in [0.25, 0.3) is 0 Å². The van der Waals surface area contributed by atoms with Crippen LogP contribution in [-0.4, -0.2) is 61.2 Å².